The second-order valence-electron chi connectivity index (χ2n) is 8.42. The number of halogens is 3. The van der Waals surface area contributed by atoms with Gasteiger partial charge in [-0.3, -0.25) is 19.3 Å². The second kappa shape index (κ2) is 11.4. The number of ether oxygens (including phenoxy) is 1. The number of imide groups is 1. The molecule has 0 spiro atoms. The first-order valence-electron chi connectivity index (χ1n) is 11.5. The maximum absolute atomic E-state index is 13.1. The van der Waals surface area contributed by atoms with Crippen molar-refractivity contribution >= 4 is 84.8 Å². The Balaban J connectivity index is 1.37. The fraction of sp³-hybridized carbons (Fsp3) is 0.107. The molecule has 1 aromatic heterocycles. The SMILES string of the molecule is O=C(CN1C(=O)S/C(=C\c2cn(CCOc3ccccc3Cl)c3ccc(Br)cc23)C1=O)c1ccc(Cl)cc1. The maximum atomic E-state index is 13.1. The Morgan fingerprint density at radius 3 is 2.55 bits per heavy atom. The summed E-state index contributed by atoms with van der Waals surface area (Å²) in [6.45, 7) is 0.580. The minimum atomic E-state index is -0.500. The lowest BCUT2D eigenvalue weighted by Gasteiger charge is -2.11. The normalized spacial score (nSPS) is 14.6. The lowest BCUT2D eigenvalue weighted by molar-refractivity contribution is -0.122. The highest BCUT2D eigenvalue weighted by atomic mass is 79.9. The van der Waals surface area contributed by atoms with Crippen LogP contribution in [0.3, 0.4) is 0 Å². The molecule has 1 aliphatic heterocycles. The van der Waals surface area contributed by atoms with Crippen LogP contribution in [0.4, 0.5) is 4.79 Å². The largest absolute Gasteiger partial charge is 0.490 e. The number of rotatable bonds is 8. The van der Waals surface area contributed by atoms with Gasteiger partial charge in [-0.2, -0.15) is 0 Å². The van der Waals surface area contributed by atoms with Crippen molar-refractivity contribution in [3.05, 3.63) is 103 Å². The smallest absolute Gasteiger partial charge is 0.293 e. The molecular weight excluding hydrogens is 611 g/mol. The van der Waals surface area contributed by atoms with E-state index in [1.54, 1.807) is 36.4 Å². The first-order chi connectivity index (χ1) is 18.3. The van der Waals surface area contributed by atoms with Gasteiger partial charge in [0.15, 0.2) is 5.78 Å². The molecule has 10 heteroatoms. The predicted octanol–water partition coefficient (Wildman–Crippen LogP) is 7.71. The summed E-state index contributed by atoms with van der Waals surface area (Å²) in [5.41, 5.74) is 2.09. The van der Waals surface area contributed by atoms with Crippen LogP contribution in [-0.2, 0) is 11.3 Å². The number of aromatic nitrogens is 1. The molecule has 2 amide bonds. The Morgan fingerprint density at radius 2 is 1.79 bits per heavy atom. The average molecular weight is 630 g/mol. The summed E-state index contributed by atoms with van der Waals surface area (Å²) in [6.07, 6.45) is 3.61. The van der Waals surface area contributed by atoms with Crippen LogP contribution in [0.5, 0.6) is 5.75 Å². The quantitative estimate of drug-likeness (QED) is 0.147. The third kappa shape index (κ3) is 5.68. The molecule has 3 aromatic carbocycles. The van der Waals surface area contributed by atoms with Crippen LogP contribution in [0.25, 0.3) is 17.0 Å². The van der Waals surface area contributed by atoms with E-state index in [2.05, 4.69) is 15.9 Å². The standard InChI is InChI=1S/C28H19BrCl2N2O4S/c29-19-7-10-23-21(14-19)18(15-32(23)11-12-37-25-4-2-1-3-22(25)31)13-26-27(35)33(28(36)38-26)16-24(34)17-5-8-20(30)9-6-17/h1-10,13-15H,11-12,16H2/b26-13-. The second-order valence-corrected chi connectivity index (χ2v) is 11.2. The van der Waals surface area contributed by atoms with Gasteiger partial charge in [-0.15, -0.1) is 0 Å². The van der Waals surface area contributed by atoms with E-state index in [1.807, 2.05) is 47.2 Å². The molecule has 0 N–H and O–H groups in total. The van der Waals surface area contributed by atoms with Crippen molar-refractivity contribution in [2.24, 2.45) is 0 Å². The van der Waals surface area contributed by atoms with Crippen LogP contribution in [0.15, 0.2) is 82.3 Å². The number of fused-ring (bicyclic) bond motifs is 1. The van der Waals surface area contributed by atoms with Crippen molar-refractivity contribution in [2.45, 2.75) is 6.54 Å². The molecule has 0 aliphatic carbocycles. The summed E-state index contributed by atoms with van der Waals surface area (Å²) in [5, 5.41) is 1.46. The third-order valence-corrected chi connectivity index (χ3v) is 7.89. The Hall–Kier alpha value is -3.04. The Bertz CT molecular complexity index is 1600. The van der Waals surface area contributed by atoms with Gasteiger partial charge in [0.05, 0.1) is 23.0 Å². The lowest BCUT2D eigenvalue weighted by Crippen LogP contribution is -2.33. The lowest BCUT2D eigenvalue weighted by atomic mass is 10.1. The molecule has 38 heavy (non-hydrogen) atoms. The predicted molar refractivity (Wildman–Crippen MR) is 155 cm³/mol. The van der Waals surface area contributed by atoms with Crippen LogP contribution >= 0.6 is 50.9 Å². The van der Waals surface area contributed by atoms with E-state index in [0.717, 1.165) is 37.6 Å². The van der Waals surface area contributed by atoms with Gasteiger partial charge in [0.25, 0.3) is 11.1 Å². The highest BCUT2D eigenvalue weighted by Crippen LogP contribution is 2.35. The number of thioether (sulfide) groups is 1. The van der Waals surface area contributed by atoms with E-state index < -0.39 is 11.1 Å². The molecule has 2 heterocycles. The summed E-state index contributed by atoms with van der Waals surface area (Å²) in [7, 11) is 0. The summed E-state index contributed by atoms with van der Waals surface area (Å²) in [4.78, 5) is 39.6. The van der Waals surface area contributed by atoms with Crippen molar-refractivity contribution in [1.29, 1.82) is 0 Å². The minimum absolute atomic E-state index is 0.255. The van der Waals surface area contributed by atoms with E-state index in [-0.39, 0.29) is 17.2 Å². The van der Waals surface area contributed by atoms with Gasteiger partial charge in [-0.1, -0.05) is 51.3 Å². The van der Waals surface area contributed by atoms with Crippen LogP contribution in [0.2, 0.25) is 10.0 Å². The van der Waals surface area contributed by atoms with Crippen LogP contribution < -0.4 is 4.74 Å². The molecule has 192 valence electrons. The molecule has 0 unspecified atom stereocenters. The Labute approximate surface area is 241 Å². The monoisotopic (exact) mass is 628 g/mol. The van der Waals surface area contributed by atoms with Gasteiger partial charge in [-0.25, -0.2) is 0 Å². The Morgan fingerprint density at radius 1 is 1.03 bits per heavy atom. The highest BCUT2D eigenvalue weighted by Gasteiger charge is 2.36. The molecule has 1 saturated heterocycles. The molecule has 5 rings (SSSR count). The zero-order valence-electron chi connectivity index (χ0n) is 19.7. The fourth-order valence-electron chi connectivity index (χ4n) is 4.06. The van der Waals surface area contributed by atoms with Gasteiger partial charge in [0, 0.05) is 37.7 Å². The number of Topliss-reactive ketones (excluding diaryl/α,β-unsaturated/α-hetero) is 1. The number of carbonyl (C=O) groups excluding carboxylic acids is 3. The van der Waals surface area contributed by atoms with E-state index in [0.29, 0.717) is 34.5 Å². The van der Waals surface area contributed by atoms with E-state index in [4.69, 9.17) is 27.9 Å². The Kier molecular flexibility index (Phi) is 7.95. The van der Waals surface area contributed by atoms with E-state index >= 15 is 0 Å². The number of hydrogen-bond acceptors (Lipinski definition) is 5. The molecule has 0 saturated carbocycles. The van der Waals surface area contributed by atoms with E-state index in [1.165, 1.54) is 0 Å². The molecule has 0 bridgehead atoms. The van der Waals surface area contributed by atoms with Gasteiger partial charge in [0.2, 0.25) is 0 Å². The van der Waals surface area contributed by atoms with Gasteiger partial charge in [0.1, 0.15) is 12.4 Å². The number of para-hydroxylation sites is 1. The number of nitrogens with zero attached hydrogens (tertiary/aromatic N) is 2. The van der Waals surface area contributed by atoms with E-state index in [9.17, 15) is 14.4 Å². The number of hydrogen-bond donors (Lipinski definition) is 0. The number of carbonyl (C=O) groups is 3. The molecular formula is C28H19BrCl2N2O4S. The first kappa shape index (κ1) is 26.6. The summed E-state index contributed by atoms with van der Waals surface area (Å²) in [5.74, 6) is -0.236. The molecule has 1 aliphatic rings. The molecule has 1 fully saturated rings. The van der Waals surface area contributed by atoms with Crippen LogP contribution in [-0.4, -0.2) is 39.5 Å². The number of ketones is 1. The van der Waals surface area contributed by atoms with Crippen molar-refractivity contribution in [3.63, 3.8) is 0 Å². The molecule has 0 radical (unpaired) electrons. The molecule has 4 aromatic rings. The van der Waals surface area contributed by atoms with Gasteiger partial charge >= 0.3 is 0 Å². The van der Waals surface area contributed by atoms with Crippen molar-refractivity contribution in [1.82, 2.24) is 9.47 Å². The molecule has 6 nitrogen and oxygen atoms in total. The summed E-state index contributed by atoms with van der Waals surface area (Å²) < 4.78 is 8.76. The van der Waals surface area contributed by atoms with Gasteiger partial charge in [-0.05, 0) is 72.4 Å². The molecule has 0 atom stereocenters. The van der Waals surface area contributed by atoms with Crippen LogP contribution in [0.1, 0.15) is 15.9 Å². The van der Waals surface area contributed by atoms with Crippen molar-refractivity contribution in [2.75, 3.05) is 13.2 Å². The summed E-state index contributed by atoms with van der Waals surface area (Å²) in [6, 6.07) is 19.5. The maximum Gasteiger partial charge on any atom is 0.293 e. The zero-order valence-corrected chi connectivity index (χ0v) is 23.6. The zero-order chi connectivity index (χ0) is 26.8. The minimum Gasteiger partial charge on any atom is -0.490 e. The van der Waals surface area contributed by atoms with Crippen molar-refractivity contribution < 1.29 is 19.1 Å². The van der Waals surface area contributed by atoms with Crippen molar-refractivity contribution in [3.8, 4) is 5.75 Å². The highest BCUT2D eigenvalue weighted by molar-refractivity contribution is 9.10. The average Bonchev–Trinajstić information content (AvgIpc) is 3.36. The number of benzene rings is 3. The van der Waals surface area contributed by atoms with Gasteiger partial charge < -0.3 is 9.30 Å². The fourth-order valence-corrected chi connectivity index (χ4v) is 5.57. The first-order valence-corrected chi connectivity index (χ1v) is 13.9. The summed E-state index contributed by atoms with van der Waals surface area (Å²) >= 11 is 16.4. The topological polar surface area (TPSA) is 68.6 Å². The number of amides is 2. The van der Waals surface area contributed by atoms with Crippen LogP contribution in [0, 0.1) is 0 Å². The third-order valence-electron chi connectivity index (χ3n) is 5.93.